The number of amides is 3. The zero-order valence-electron chi connectivity index (χ0n) is 15.0. The molecule has 6 heteroatoms. The van der Waals surface area contributed by atoms with E-state index in [4.69, 9.17) is 0 Å². The molecule has 6 nitrogen and oxygen atoms in total. The number of hydrogen-bond acceptors (Lipinski definition) is 4. The first kappa shape index (κ1) is 17.4. The van der Waals surface area contributed by atoms with E-state index in [0.717, 1.165) is 0 Å². The Bertz CT molecular complexity index is 904. The Labute approximate surface area is 157 Å². The number of hydrogen-bond donors (Lipinski definition) is 1. The normalized spacial score (nSPS) is 21.7. The van der Waals surface area contributed by atoms with Gasteiger partial charge in [-0.2, -0.15) is 0 Å². The number of fused-ring (bicyclic) bond motifs is 1. The molecule has 1 N–H and O–H groups in total. The lowest BCUT2D eigenvalue weighted by atomic mass is 10.1. The number of carbonyl (C=O) groups excluding carboxylic acids is 3. The van der Waals surface area contributed by atoms with E-state index in [1.165, 1.54) is 4.90 Å². The minimum Gasteiger partial charge on any atom is -0.391 e. The molecule has 3 amide bonds. The Morgan fingerprint density at radius 1 is 1.07 bits per heavy atom. The second kappa shape index (κ2) is 6.63. The molecule has 2 aromatic carbocycles. The van der Waals surface area contributed by atoms with Crippen LogP contribution in [0.2, 0.25) is 0 Å². The molecule has 0 spiro atoms. The third kappa shape index (κ3) is 3.02. The number of aliphatic hydroxyl groups is 1. The maximum absolute atomic E-state index is 12.8. The molecular weight excluding hydrogens is 344 g/mol. The highest BCUT2D eigenvalue weighted by Crippen LogP contribution is 2.25. The van der Waals surface area contributed by atoms with E-state index < -0.39 is 6.10 Å². The van der Waals surface area contributed by atoms with Gasteiger partial charge in [0.2, 0.25) is 0 Å². The largest absolute Gasteiger partial charge is 0.391 e. The Morgan fingerprint density at radius 2 is 1.74 bits per heavy atom. The number of aliphatic hydroxyl groups excluding tert-OH is 1. The molecule has 4 rings (SSSR count). The Kier molecular flexibility index (Phi) is 4.28. The fraction of sp³-hybridized carbons (Fsp3) is 0.286. The minimum atomic E-state index is -0.495. The van der Waals surface area contributed by atoms with Gasteiger partial charge in [-0.1, -0.05) is 24.3 Å². The van der Waals surface area contributed by atoms with Gasteiger partial charge in [-0.05, 0) is 43.2 Å². The Morgan fingerprint density at radius 3 is 2.33 bits per heavy atom. The highest BCUT2D eigenvalue weighted by Gasteiger charge is 2.35. The van der Waals surface area contributed by atoms with E-state index in [2.05, 4.69) is 0 Å². The molecule has 0 unspecified atom stereocenters. The standard InChI is InChI=1S/C21H20N2O4/c1-13-9-16(24)12-22(13)19(25)15-6-4-5-14(10-15)11-23-20(26)17-7-2-3-8-18(17)21(23)27/h2-8,10,13,16,24H,9,11-12H2,1H3/t13-,16+/m1/s1. The van der Waals surface area contributed by atoms with E-state index in [-0.39, 0.29) is 30.3 Å². The highest BCUT2D eigenvalue weighted by atomic mass is 16.3. The average Bonchev–Trinajstić information content (AvgIpc) is 3.13. The Balaban J connectivity index is 1.55. The van der Waals surface area contributed by atoms with Crippen LogP contribution in [0.5, 0.6) is 0 Å². The number of β-amino-alcohol motifs (C(OH)–C–C–N with tert-alkyl or cyclic N) is 1. The van der Waals surface area contributed by atoms with Gasteiger partial charge in [0.05, 0.1) is 23.8 Å². The predicted octanol–water partition coefficient (Wildman–Crippen LogP) is 2.08. The number of likely N-dealkylation sites (tertiary alicyclic amines) is 1. The van der Waals surface area contributed by atoms with Crippen LogP contribution in [0.15, 0.2) is 48.5 Å². The van der Waals surface area contributed by atoms with E-state index in [1.54, 1.807) is 53.4 Å². The van der Waals surface area contributed by atoms with Crippen molar-refractivity contribution in [1.29, 1.82) is 0 Å². The van der Waals surface area contributed by atoms with Gasteiger partial charge in [0.15, 0.2) is 0 Å². The lowest BCUT2D eigenvalue weighted by molar-refractivity contribution is 0.0642. The summed E-state index contributed by atoms with van der Waals surface area (Å²) in [6.07, 6.45) is 0.0750. The van der Waals surface area contributed by atoms with Crippen LogP contribution in [0.25, 0.3) is 0 Å². The van der Waals surface area contributed by atoms with Crippen molar-refractivity contribution in [2.45, 2.75) is 32.0 Å². The van der Waals surface area contributed by atoms with Gasteiger partial charge < -0.3 is 10.0 Å². The van der Waals surface area contributed by atoms with Gasteiger partial charge in [0.25, 0.3) is 17.7 Å². The van der Waals surface area contributed by atoms with Crippen molar-refractivity contribution >= 4 is 17.7 Å². The summed E-state index contributed by atoms with van der Waals surface area (Å²) in [5.74, 6) is -0.782. The van der Waals surface area contributed by atoms with E-state index in [0.29, 0.717) is 35.2 Å². The topological polar surface area (TPSA) is 77.9 Å². The Hall–Kier alpha value is -2.99. The van der Waals surface area contributed by atoms with Crippen LogP contribution in [-0.2, 0) is 6.54 Å². The molecule has 0 radical (unpaired) electrons. The van der Waals surface area contributed by atoms with Crippen molar-refractivity contribution in [3.63, 3.8) is 0 Å². The molecule has 0 bridgehead atoms. The summed E-state index contributed by atoms with van der Waals surface area (Å²) >= 11 is 0. The molecule has 1 fully saturated rings. The van der Waals surface area contributed by atoms with Gasteiger partial charge in [0, 0.05) is 18.2 Å². The second-order valence-corrected chi connectivity index (χ2v) is 7.14. The molecular formula is C21H20N2O4. The van der Waals surface area contributed by atoms with Crippen LogP contribution < -0.4 is 0 Å². The van der Waals surface area contributed by atoms with Crippen molar-refractivity contribution < 1.29 is 19.5 Å². The second-order valence-electron chi connectivity index (χ2n) is 7.14. The molecule has 2 heterocycles. The molecule has 0 saturated carbocycles. The van der Waals surface area contributed by atoms with Gasteiger partial charge in [-0.25, -0.2) is 0 Å². The predicted molar refractivity (Wildman–Crippen MR) is 98.2 cm³/mol. The summed E-state index contributed by atoms with van der Waals surface area (Å²) in [6, 6.07) is 13.7. The third-order valence-electron chi connectivity index (χ3n) is 5.21. The molecule has 0 aromatic heterocycles. The first-order chi connectivity index (χ1) is 13.0. The third-order valence-corrected chi connectivity index (χ3v) is 5.21. The summed E-state index contributed by atoms with van der Waals surface area (Å²) in [6.45, 7) is 2.35. The molecule has 2 aromatic rings. The van der Waals surface area contributed by atoms with Crippen molar-refractivity contribution in [3.05, 3.63) is 70.8 Å². The average molecular weight is 364 g/mol. The summed E-state index contributed by atoms with van der Waals surface area (Å²) in [4.78, 5) is 40.7. The molecule has 0 aliphatic carbocycles. The van der Waals surface area contributed by atoms with Gasteiger partial charge in [-0.3, -0.25) is 19.3 Å². The van der Waals surface area contributed by atoms with Crippen LogP contribution in [0.4, 0.5) is 0 Å². The van der Waals surface area contributed by atoms with Crippen molar-refractivity contribution in [2.75, 3.05) is 6.54 Å². The monoisotopic (exact) mass is 364 g/mol. The van der Waals surface area contributed by atoms with Crippen LogP contribution in [0.1, 0.15) is 50.0 Å². The molecule has 2 atom stereocenters. The smallest absolute Gasteiger partial charge is 0.261 e. The van der Waals surface area contributed by atoms with Crippen LogP contribution in [-0.4, -0.2) is 51.3 Å². The quantitative estimate of drug-likeness (QED) is 0.846. The fourth-order valence-corrected chi connectivity index (χ4v) is 3.82. The van der Waals surface area contributed by atoms with Crippen molar-refractivity contribution in [2.24, 2.45) is 0 Å². The van der Waals surface area contributed by atoms with Gasteiger partial charge in [-0.15, -0.1) is 0 Å². The van der Waals surface area contributed by atoms with Crippen molar-refractivity contribution in [3.8, 4) is 0 Å². The van der Waals surface area contributed by atoms with Crippen molar-refractivity contribution in [1.82, 2.24) is 9.80 Å². The molecule has 1 saturated heterocycles. The van der Waals surface area contributed by atoms with Gasteiger partial charge in [0.1, 0.15) is 0 Å². The first-order valence-corrected chi connectivity index (χ1v) is 8.99. The summed E-state index contributed by atoms with van der Waals surface area (Å²) < 4.78 is 0. The maximum Gasteiger partial charge on any atom is 0.261 e. The maximum atomic E-state index is 12.8. The van der Waals surface area contributed by atoms with Crippen LogP contribution in [0.3, 0.4) is 0 Å². The molecule has 27 heavy (non-hydrogen) atoms. The SMILES string of the molecule is C[C@@H]1C[C@H](O)CN1C(=O)c1cccc(CN2C(=O)c3ccccc3C2=O)c1. The highest BCUT2D eigenvalue weighted by molar-refractivity contribution is 6.21. The number of nitrogens with zero attached hydrogens (tertiary/aromatic N) is 2. The molecule has 2 aliphatic rings. The summed E-state index contributed by atoms with van der Waals surface area (Å²) in [7, 11) is 0. The molecule has 138 valence electrons. The summed E-state index contributed by atoms with van der Waals surface area (Å²) in [5, 5.41) is 9.78. The lowest BCUT2D eigenvalue weighted by Gasteiger charge is -2.21. The fourth-order valence-electron chi connectivity index (χ4n) is 3.82. The minimum absolute atomic E-state index is 0.0209. The number of imide groups is 1. The summed E-state index contributed by atoms with van der Waals surface area (Å²) in [5.41, 5.74) is 2.03. The number of rotatable bonds is 3. The first-order valence-electron chi connectivity index (χ1n) is 8.99. The number of carbonyl (C=O) groups is 3. The molecule has 2 aliphatic heterocycles. The van der Waals surface area contributed by atoms with E-state index in [1.807, 2.05) is 6.92 Å². The number of benzene rings is 2. The lowest BCUT2D eigenvalue weighted by Crippen LogP contribution is -2.34. The van der Waals surface area contributed by atoms with E-state index in [9.17, 15) is 19.5 Å². The zero-order chi connectivity index (χ0) is 19.1. The van der Waals surface area contributed by atoms with Gasteiger partial charge >= 0.3 is 0 Å². The zero-order valence-corrected chi connectivity index (χ0v) is 15.0. The van der Waals surface area contributed by atoms with E-state index >= 15 is 0 Å². The van der Waals surface area contributed by atoms with Crippen LogP contribution in [0, 0.1) is 0 Å². The van der Waals surface area contributed by atoms with Crippen LogP contribution >= 0.6 is 0 Å².